The topological polar surface area (TPSA) is 58.5 Å². The van der Waals surface area contributed by atoms with Crippen molar-refractivity contribution in [1.82, 2.24) is 5.43 Å². The molecule has 0 fully saturated rings. The van der Waals surface area contributed by atoms with Crippen LogP contribution in [-0.4, -0.2) is 23.6 Å². The van der Waals surface area contributed by atoms with E-state index in [-0.39, 0.29) is 12.0 Å². The standard InChI is InChI=1S/C16H13F3N2O2S/c17-16(18,19)14(9-13(22)12-6-7-24-10-12)20-21-15(23)8-11-4-2-1-3-5-11/h1-7,10H,8-9H2,(H,21,23)/b20-14-. The molecule has 24 heavy (non-hydrogen) atoms. The maximum absolute atomic E-state index is 13.0. The first-order chi connectivity index (χ1) is 11.4. The summed E-state index contributed by atoms with van der Waals surface area (Å²) in [5.41, 5.74) is 1.37. The van der Waals surface area contributed by atoms with Crippen molar-refractivity contribution >= 4 is 28.7 Å². The molecule has 0 saturated carbocycles. The van der Waals surface area contributed by atoms with E-state index in [0.29, 0.717) is 5.56 Å². The molecular formula is C16H13F3N2O2S. The molecule has 2 aromatic rings. The van der Waals surface area contributed by atoms with Gasteiger partial charge in [0.05, 0.1) is 12.8 Å². The first kappa shape index (κ1) is 17.9. The number of alkyl halides is 3. The monoisotopic (exact) mass is 354 g/mol. The zero-order valence-electron chi connectivity index (χ0n) is 12.3. The summed E-state index contributed by atoms with van der Waals surface area (Å²) in [6.45, 7) is 0. The third-order valence-corrected chi connectivity index (χ3v) is 3.70. The van der Waals surface area contributed by atoms with Gasteiger partial charge in [0, 0.05) is 10.9 Å². The molecule has 8 heteroatoms. The number of hydrogen-bond acceptors (Lipinski definition) is 4. The molecule has 0 aliphatic carbocycles. The van der Waals surface area contributed by atoms with Gasteiger partial charge in [-0.3, -0.25) is 9.59 Å². The fraction of sp³-hybridized carbons (Fsp3) is 0.188. The van der Waals surface area contributed by atoms with Crippen molar-refractivity contribution in [2.45, 2.75) is 19.0 Å². The van der Waals surface area contributed by atoms with E-state index in [1.807, 2.05) is 5.43 Å². The van der Waals surface area contributed by atoms with E-state index in [1.54, 1.807) is 35.7 Å². The highest BCUT2D eigenvalue weighted by atomic mass is 32.1. The smallest absolute Gasteiger partial charge is 0.294 e. The van der Waals surface area contributed by atoms with Crippen LogP contribution in [0.1, 0.15) is 22.3 Å². The number of hydrazone groups is 1. The number of rotatable bonds is 6. The molecule has 0 atom stereocenters. The van der Waals surface area contributed by atoms with E-state index in [0.717, 1.165) is 0 Å². The molecule has 1 aromatic carbocycles. The average molecular weight is 354 g/mol. The van der Waals surface area contributed by atoms with Crippen LogP contribution >= 0.6 is 11.3 Å². The molecule has 2 rings (SSSR count). The van der Waals surface area contributed by atoms with Gasteiger partial charge in [-0.05, 0) is 17.0 Å². The van der Waals surface area contributed by atoms with Gasteiger partial charge in [-0.1, -0.05) is 30.3 Å². The maximum Gasteiger partial charge on any atom is 0.431 e. The van der Waals surface area contributed by atoms with Gasteiger partial charge in [-0.2, -0.15) is 29.6 Å². The lowest BCUT2D eigenvalue weighted by Gasteiger charge is -2.10. The Hall–Kier alpha value is -2.48. The number of hydrogen-bond donors (Lipinski definition) is 1. The average Bonchev–Trinajstić information content (AvgIpc) is 3.05. The van der Waals surface area contributed by atoms with Crippen molar-refractivity contribution in [3.05, 3.63) is 58.3 Å². The summed E-state index contributed by atoms with van der Waals surface area (Å²) in [4.78, 5) is 23.5. The molecule has 1 heterocycles. The molecule has 126 valence electrons. The predicted molar refractivity (Wildman–Crippen MR) is 85.0 cm³/mol. The molecule has 4 nitrogen and oxygen atoms in total. The quantitative estimate of drug-likeness (QED) is 0.490. The minimum absolute atomic E-state index is 0.103. The second kappa shape index (κ2) is 7.87. The summed E-state index contributed by atoms with van der Waals surface area (Å²) < 4.78 is 38.9. The molecule has 0 unspecified atom stereocenters. The SMILES string of the molecule is O=C(Cc1ccccc1)N/N=C(/CC(=O)c1ccsc1)C(F)(F)F. The van der Waals surface area contributed by atoms with E-state index in [2.05, 4.69) is 5.10 Å². The number of ketones is 1. The highest BCUT2D eigenvalue weighted by Gasteiger charge is 2.37. The summed E-state index contributed by atoms with van der Waals surface area (Å²) in [6.07, 6.45) is -5.83. The van der Waals surface area contributed by atoms with Crippen LogP contribution in [0.5, 0.6) is 0 Å². The van der Waals surface area contributed by atoms with Gasteiger partial charge in [0.25, 0.3) is 0 Å². The molecular weight excluding hydrogens is 341 g/mol. The number of carbonyl (C=O) groups excluding carboxylic acids is 2. The molecule has 1 amide bonds. The van der Waals surface area contributed by atoms with Crippen molar-refractivity contribution in [2.75, 3.05) is 0 Å². The molecule has 0 spiro atoms. The lowest BCUT2D eigenvalue weighted by molar-refractivity contribution is -0.120. The molecule has 0 radical (unpaired) electrons. The number of benzene rings is 1. The van der Waals surface area contributed by atoms with Crippen molar-refractivity contribution in [3.8, 4) is 0 Å². The summed E-state index contributed by atoms with van der Waals surface area (Å²) in [5, 5.41) is 6.17. The Kier molecular flexibility index (Phi) is 5.86. The number of carbonyl (C=O) groups is 2. The summed E-state index contributed by atoms with van der Waals surface area (Å²) in [5.74, 6) is -1.39. The number of thiophene rings is 1. The van der Waals surface area contributed by atoms with Crippen molar-refractivity contribution in [3.63, 3.8) is 0 Å². The molecule has 1 aromatic heterocycles. The molecule has 0 bridgehead atoms. The van der Waals surface area contributed by atoms with Gasteiger partial charge in [-0.25, -0.2) is 5.43 Å². The van der Waals surface area contributed by atoms with Crippen LogP contribution in [-0.2, 0) is 11.2 Å². The maximum atomic E-state index is 13.0. The number of Topliss-reactive ketones (excluding diaryl/α,β-unsaturated/α-hetero) is 1. The zero-order valence-corrected chi connectivity index (χ0v) is 13.2. The van der Waals surface area contributed by atoms with Crippen LogP contribution in [0.15, 0.2) is 52.3 Å². The number of nitrogens with one attached hydrogen (secondary N) is 1. The van der Waals surface area contributed by atoms with Crippen LogP contribution < -0.4 is 5.43 Å². The van der Waals surface area contributed by atoms with Crippen molar-refractivity contribution in [1.29, 1.82) is 0 Å². The molecule has 1 N–H and O–H groups in total. The second-order valence-corrected chi connectivity index (χ2v) is 5.65. The number of amides is 1. The Morgan fingerprint density at radius 2 is 1.83 bits per heavy atom. The Bertz CT molecular complexity index is 726. The van der Waals surface area contributed by atoms with E-state index < -0.39 is 30.0 Å². The Balaban J connectivity index is 2.03. The highest BCUT2D eigenvalue weighted by molar-refractivity contribution is 7.08. The highest BCUT2D eigenvalue weighted by Crippen LogP contribution is 2.21. The first-order valence-electron chi connectivity index (χ1n) is 6.88. The summed E-state index contributed by atoms with van der Waals surface area (Å²) >= 11 is 1.21. The molecule has 0 aliphatic rings. The minimum Gasteiger partial charge on any atom is -0.294 e. The van der Waals surface area contributed by atoms with Gasteiger partial charge in [0.2, 0.25) is 5.91 Å². The Labute approximate surface area is 140 Å². The van der Waals surface area contributed by atoms with Crippen molar-refractivity contribution in [2.24, 2.45) is 5.10 Å². The van der Waals surface area contributed by atoms with Crippen LogP contribution in [0.2, 0.25) is 0 Å². The number of nitrogens with zero attached hydrogens (tertiary/aromatic N) is 1. The normalized spacial score (nSPS) is 12.0. The summed E-state index contributed by atoms with van der Waals surface area (Å²) in [6, 6.07) is 9.98. The van der Waals surface area contributed by atoms with Gasteiger partial charge in [-0.15, -0.1) is 0 Å². The largest absolute Gasteiger partial charge is 0.431 e. The van der Waals surface area contributed by atoms with Gasteiger partial charge in [0.1, 0.15) is 5.71 Å². The van der Waals surface area contributed by atoms with E-state index in [9.17, 15) is 22.8 Å². The van der Waals surface area contributed by atoms with Gasteiger partial charge in [0.15, 0.2) is 5.78 Å². The van der Waals surface area contributed by atoms with E-state index in [1.165, 1.54) is 22.8 Å². The molecule has 0 saturated heterocycles. The van der Waals surface area contributed by atoms with Crippen LogP contribution in [0, 0.1) is 0 Å². The fourth-order valence-corrected chi connectivity index (χ4v) is 2.49. The third kappa shape index (κ3) is 5.31. The van der Waals surface area contributed by atoms with E-state index >= 15 is 0 Å². The van der Waals surface area contributed by atoms with Crippen LogP contribution in [0.3, 0.4) is 0 Å². The zero-order chi connectivity index (χ0) is 17.6. The van der Waals surface area contributed by atoms with Crippen molar-refractivity contribution < 1.29 is 22.8 Å². The lowest BCUT2D eigenvalue weighted by Crippen LogP contribution is -2.30. The first-order valence-corrected chi connectivity index (χ1v) is 7.82. The van der Waals surface area contributed by atoms with Gasteiger partial charge < -0.3 is 0 Å². The summed E-state index contributed by atoms with van der Waals surface area (Å²) in [7, 11) is 0. The lowest BCUT2D eigenvalue weighted by atomic mass is 10.1. The van der Waals surface area contributed by atoms with Crippen LogP contribution in [0.4, 0.5) is 13.2 Å². The Morgan fingerprint density at radius 1 is 1.12 bits per heavy atom. The minimum atomic E-state index is -4.80. The molecule has 0 aliphatic heterocycles. The van der Waals surface area contributed by atoms with E-state index in [4.69, 9.17) is 0 Å². The number of halogens is 3. The second-order valence-electron chi connectivity index (χ2n) is 4.87. The van der Waals surface area contributed by atoms with Gasteiger partial charge >= 0.3 is 6.18 Å². The van der Waals surface area contributed by atoms with Crippen LogP contribution in [0.25, 0.3) is 0 Å². The third-order valence-electron chi connectivity index (χ3n) is 3.02. The fourth-order valence-electron chi connectivity index (χ4n) is 1.83. The Morgan fingerprint density at radius 3 is 2.42 bits per heavy atom. The predicted octanol–water partition coefficient (Wildman–Crippen LogP) is 3.60.